The van der Waals surface area contributed by atoms with Gasteiger partial charge in [-0.1, -0.05) is 0 Å². The topological polar surface area (TPSA) is 80.9 Å². The van der Waals surface area contributed by atoms with Gasteiger partial charge in [-0.25, -0.2) is 9.97 Å². The second-order valence-corrected chi connectivity index (χ2v) is 6.64. The average molecular weight is 312 g/mol. The Morgan fingerprint density at radius 3 is 2.70 bits per heavy atom. The number of aromatic nitrogens is 2. The molecule has 2 aromatic rings. The van der Waals surface area contributed by atoms with Crippen LogP contribution in [-0.2, 0) is 4.79 Å². The molecule has 3 N–H and O–H groups in total. The molecule has 122 valence electrons. The molecular formula is C18H24N4O. The van der Waals surface area contributed by atoms with Crippen molar-refractivity contribution < 1.29 is 4.79 Å². The Kier molecular flexibility index (Phi) is 4.57. The van der Waals surface area contributed by atoms with Crippen molar-refractivity contribution in [3.8, 4) is 0 Å². The van der Waals surface area contributed by atoms with E-state index in [4.69, 9.17) is 5.73 Å². The Morgan fingerprint density at radius 1 is 1.26 bits per heavy atom. The van der Waals surface area contributed by atoms with E-state index in [0.717, 1.165) is 42.5 Å². The fourth-order valence-electron chi connectivity index (χ4n) is 3.37. The van der Waals surface area contributed by atoms with E-state index < -0.39 is 0 Å². The van der Waals surface area contributed by atoms with Crippen LogP contribution in [0.3, 0.4) is 0 Å². The van der Waals surface area contributed by atoms with Crippen LogP contribution in [0, 0.1) is 18.8 Å². The summed E-state index contributed by atoms with van der Waals surface area (Å²) in [5, 5.41) is 3.95. The normalized spacial score (nSPS) is 22.7. The maximum absolute atomic E-state index is 12.6. The summed E-state index contributed by atoms with van der Waals surface area (Å²) in [7, 11) is 0. The molecule has 1 amide bonds. The van der Waals surface area contributed by atoms with Crippen molar-refractivity contribution in [3.05, 3.63) is 30.1 Å². The number of amides is 1. The highest BCUT2D eigenvalue weighted by atomic mass is 16.1. The summed E-state index contributed by atoms with van der Waals surface area (Å²) in [4.78, 5) is 21.3. The molecule has 1 saturated carbocycles. The third-order valence-corrected chi connectivity index (χ3v) is 4.89. The van der Waals surface area contributed by atoms with Gasteiger partial charge in [0.25, 0.3) is 0 Å². The van der Waals surface area contributed by atoms with Crippen LogP contribution in [0.1, 0.15) is 38.3 Å². The van der Waals surface area contributed by atoms with E-state index in [1.807, 2.05) is 25.1 Å². The number of fused-ring (bicyclic) bond motifs is 1. The van der Waals surface area contributed by atoms with E-state index in [1.54, 1.807) is 6.20 Å². The highest BCUT2D eigenvalue weighted by Gasteiger charge is 2.28. The van der Waals surface area contributed by atoms with Crippen molar-refractivity contribution in [2.24, 2.45) is 17.6 Å². The smallest absolute Gasteiger partial charge is 0.227 e. The van der Waals surface area contributed by atoms with Crippen LogP contribution in [-0.4, -0.2) is 21.9 Å². The summed E-state index contributed by atoms with van der Waals surface area (Å²) in [6.45, 7) is 3.99. The minimum absolute atomic E-state index is 0.0756. The highest BCUT2D eigenvalue weighted by molar-refractivity contribution is 6.00. The van der Waals surface area contributed by atoms with E-state index in [2.05, 4.69) is 22.2 Å². The van der Waals surface area contributed by atoms with Crippen LogP contribution in [0.5, 0.6) is 0 Å². The quantitative estimate of drug-likeness (QED) is 0.913. The van der Waals surface area contributed by atoms with Crippen LogP contribution < -0.4 is 11.1 Å². The molecule has 1 atom stereocenters. The largest absolute Gasteiger partial charge is 0.328 e. The number of hydrogen-bond acceptors (Lipinski definition) is 4. The maximum Gasteiger partial charge on any atom is 0.227 e. The van der Waals surface area contributed by atoms with E-state index >= 15 is 0 Å². The Balaban J connectivity index is 1.71. The second kappa shape index (κ2) is 6.62. The zero-order valence-corrected chi connectivity index (χ0v) is 13.7. The molecule has 0 spiro atoms. The van der Waals surface area contributed by atoms with Crippen molar-refractivity contribution in [2.75, 3.05) is 5.32 Å². The van der Waals surface area contributed by atoms with Crippen LogP contribution in [0.2, 0.25) is 0 Å². The minimum Gasteiger partial charge on any atom is -0.328 e. The predicted octanol–water partition coefficient (Wildman–Crippen LogP) is 3.03. The number of nitrogens with one attached hydrogen (secondary N) is 1. The molecule has 0 aliphatic heterocycles. The van der Waals surface area contributed by atoms with Crippen LogP contribution in [0.25, 0.3) is 11.0 Å². The van der Waals surface area contributed by atoms with Crippen LogP contribution in [0.15, 0.2) is 24.4 Å². The average Bonchev–Trinajstić information content (AvgIpc) is 2.54. The summed E-state index contributed by atoms with van der Waals surface area (Å²) < 4.78 is 0. The molecule has 0 radical (unpaired) electrons. The number of rotatable bonds is 3. The zero-order chi connectivity index (χ0) is 16.4. The molecule has 23 heavy (non-hydrogen) atoms. The molecule has 0 saturated heterocycles. The lowest BCUT2D eigenvalue weighted by atomic mass is 9.79. The first-order valence-corrected chi connectivity index (χ1v) is 8.33. The van der Waals surface area contributed by atoms with Crippen molar-refractivity contribution in [3.63, 3.8) is 0 Å². The number of nitrogens with two attached hydrogens (primary N) is 1. The molecule has 3 rings (SSSR count). The van der Waals surface area contributed by atoms with Gasteiger partial charge in [-0.3, -0.25) is 4.79 Å². The third-order valence-electron chi connectivity index (χ3n) is 4.89. The lowest BCUT2D eigenvalue weighted by molar-refractivity contribution is -0.121. The van der Waals surface area contributed by atoms with Gasteiger partial charge in [0.05, 0.1) is 5.69 Å². The maximum atomic E-state index is 12.6. The Labute approximate surface area is 136 Å². The van der Waals surface area contributed by atoms with E-state index in [0.29, 0.717) is 11.6 Å². The lowest BCUT2D eigenvalue weighted by Gasteiger charge is -2.30. The Hall–Kier alpha value is -2.01. The number of hydrogen-bond donors (Lipinski definition) is 2. The number of carbonyl (C=O) groups is 1. The summed E-state index contributed by atoms with van der Waals surface area (Å²) >= 11 is 0. The van der Waals surface area contributed by atoms with E-state index in [1.165, 1.54) is 0 Å². The lowest BCUT2D eigenvalue weighted by Crippen LogP contribution is -2.33. The van der Waals surface area contributed by atoms with Gasteiger partial charge in [0.15, 0.2) is 5.65 Å². The van der Waals surface area contributed by atoms with Crippen molar-refractivity contribution in [2.45, 2.75) is 45.6 Å². The zero-order valence-electron chi connectivity index (χ0n) is 13.7. The predicted molar refractivity (Wildman–Crippen MR) is 92.0 cm³/mol. The second-order valence-electron chi connectivity index (χ2n) is 6.64. The summed E-state index contributed by atoms with van der Waals surface area (Å²) in [6, 6.07) is 5.96. The molecule has 5 heteroatoms. The van der Waals surface area contributed by atoms with E-state index in [-0.39, 0.29) is 17.9 Å². The summed E-state index contributed by atoms with van der Waals surface area (Å²) in [5.74, 6) is 0.723. The fourth-order valence-corrected chi connectivity index (χ4v) is 3.37. The first kappa shape index (κ1) is 15.9. The summed E-state index contributed by atoms with van der Waals surface area (Å²) in [5.41, 5.74) is 8.35. The van der Waals surface area contributed by atoms with Crippen molar-refractivity contribution in [1.29, 1.82) is 0 Å². The molecule has 2 heterocycles. The minimum atomic E-state index is 0.0756. The standard InChI is InChI=1S/C18H24N4O/c1-11-3-8-15-16(9-10-20-17(15)21-11)22-18(23)14-6-4-13(5-7-14)12(2)19/h3,8-10,12-14H,4-7,19H2,1-2H3,(H,20,21,22,23)/t12?,13-,14-. The van der Waals surface area contributed by atoms with Crippen LogP contribution in [0.4, 0.5) is 5.69 Å². The third kappa shape index (κ3) is 3.50. The van der Waals surface area contributed by atoms with Crippen molar-refractivity contribution >= 4 is 22.6 Å². The Morgan fingerprint density at radius 2 is 2.00 bits per heavy atom. The molecule has 2 aromatic heterocycles. The molecular weight excluding hydrogens is 288 g/mol. The molecule has 1 aliphatic carbocycles. The number of carbonyl (C=O) groups excluding carboxylic acids is 1. The number of aryl methyl sites for hydroxylation is 1. The Bertz CT molecular complexity index is 705. The highest BCUT2D eigenvalue weighted by Crippen LogP contribution is 2.31. The van der Waals surface area contributed by atoms with Gasteiger partial charge in [-0.05, 0) is 63.6 Å². The molecule has 0 bridgehead atoms. The number of anilines is 1. The monoisotopic (exact) mass is 312 g/mol. The van der Waals surface area contributed by atoms with Gasteiger partial charge in [0.2, 0.25) is 5.91 Å². The molecule has 0 aromatic carbocycles. The van der Waals surface area contributed by atoms with Gasteiger partial charge in [0.1, 0.15) is 0 Å². The molecule has 1 unspecified atom stereocenters. The summed E-state index contributed by atoms with van der Waals surface area (Å²) in [6.07, 6.45) is 5.59. The number of pyridine rings is 2. The first-order valence-electron chi connectivity index (χ1n) is 8.33. The van der Waals surface area contributed by atoms with Crippen LogP contribution >= 0.6 is 0 Å². The molecule has 1 aliphatic rings. The van der Waals surface area contributed by atoms with Gasteiger partial charge >= 0.3 is 0 Å². The molecule has 5 nitrogen and oxygen atoms in total. The molecule has 1 fully saturated rings. The van der Waals surface area contributed by atoms with Gasteiger partial charge in [-0.15, -0.1) is 0 Å². The number of nitrogens with zero attached hydrogens (tertiary/aromatic N) is 2. The first-order chi connectivity index (χ1) is 11.0. The van der Waals surface area contributed by atoms with E-state index in [9.17, 15) is 4.79 Å². The van der Waals surface area contributed by atoms with Gasteiger partial charge in [-0.2, -0.15) is 0 Å². The van der Waals surface area contributed by atoms with Crippen molar-refractivity contribution in [1.82, 2.24) is 9.97 Å². The SMILES string of the molecule is Cc1ccc2c(NC(=O)[C@H]3CC[C@H](C(C)N)CC3)ccnc2n1. The fraction of sp³-hybridized carbons (Fsp3) is 0.500. The van der Waals surface area contributed by atoms with Gasteiger partial charge in [0, 0.05) is 29.2 Å². The van der Waals surface area contributed by atoms with Gasteiger partial charge < -0.3 is 11.1 Å².